The fraction of sp³-hybridized carbons (Fsp3) is 0.0333. The van der Waals surface area contributed by atoms with Crippen LogP contribution in [0.4, 0.5) is 17.6 Å². The molecule has 0 heterocycles. The Morgan fingerprint density at radius 2 is 1.02 bits per heavy atom. The lowest BCUT2D eigenvalue weighted by Crippen LogP contribution is -1.93. The van der Waals surface area contributed by atoms with Crippen molar-refractivity contribution in [2.24, 2.45) is 0 Å². The number of allylic oxidation sites excluding steroid dienone is 1. The molecule has 41 heavy (non-hydrogen) atoms. The van der Waals surface area contributed by atoms with Crippen LogP contribution in [-0.4, -0.2) is 28.1 Å². The van der Waals surface area contributed by atoms with Gasteiger partial charge in [0.25, 0.3) is 0 Å². The van der Waals surface area contributed by atoms with Crippen LogP contribution >= 0.6 is 31.9 Å². The molecular formula is C30H20Br2F4O5. The van der Waals surface area contributed by atoms with Crippen LogP contribution in [0, 0.1) is 23.3 Å². The molecule has 11 heteroatoms. The Hall–Kier alpha value is -4.09. The maximum atomic E-state index is 13.1. The monoisotopic (exact) mass is 694 g/mol. The van der Waals surface area contributed by atoms with E-state index in [-0.39, 0.29) is 22.7 Å². The molecule has 0 spiro atoms. The first kappa shape index (κ1) is 33.1. The number of Topliss-reactive ketones (excluding diaryl/α,β-unsaturated/α-hetero) is 1. The maximum absolute atomic E-state index is 13.1. The second kappa shape index (κ2) is 15.6. The van der Waals surface area contributed by atoms with Gasteiger partial charge in [0.1, 0.15) is 6.29 Å². The number of halogens is 6. The van der Waals surface area contributed by atoms with Crippen LogP contribution < -0.4 is 0 Å². The van der Waals surface area contributed by atoms with Gasteiger partial charge in [0.15, 0.2) is 46.3 Å². The van der Waals surface area contributed by atoms with Crippen LogP contribution in [-0.2, 0) is 0 Å². The molecule has 5 nitrogen and oxygen atoms in total. The number of ketones is 2. The molecule has 0 aliphatic heterocycles. The zero-order valence-electron chi connectivity index (χ0n) is 21.0. The van der Waals surface area contributed by atoms with E-state index in [0.29, 0.717) is 11.8 Å². The van der Waals surface area contributed by atoms with Crippen molar-refractivity contribution in [3.63, 3.8) is 0 Å². The molecule has 212 valence electrons. The van der Waals surface area contributed by atoms with Gasteiger partial charge in [-0.05, 0) is 79.2 Å². The summed E-state index contributed by atoms with van der Waals surface area (Å²) in [5.41, 5.74) is 1.23. The number of carbonyl (C=O) groups excluding carboxylic acids is 3. The number of hydrogen-bond donors (Lipinski definition) is 2. The second-order valence-corrected chi connectivity index (χ2v) is 9.88. The minimum atomic E-state index is -1.13. The summed E-state index contributed by atoms with van der Waals surface area (Å²) < 4.78 is 52.8. The predicted octanol–water partition coefficient (Wildman–Crippen LogP) is 8.46. The van der Waals surface area contributed by atoms with Crippen LogP contribution in [0.5, 0.6) is 11.5 Å². The van der Waals surface area contributed by atoms with Crippen molar-refractivity contribution >= 4 is 55.8 Å². The fourth-order valence-electron chi connectivity index (χ4n) is 2.90. The molecule has 0 amide bonds. The largest absolute Gasteiger partial charge is 0.503 e. The summed E-state index contributed by atoms with van der Waals surface area (Å²) in [6, 6.07) is 17.4. The van der Waals surface area contributed by atoms with Crippen molar-refractivity contribution in [2.75, 3.05) is 0 Å². The van der Waals surface area contributed by atoms with Crippen LogP contribution in [0.2, 0.25) is 0 Å². The topological polar surface area (TPSA) is 91.7 Å². The average molecular weight is 696 g/mol. The van der Waals surface area contributed by atoms with E-state index in [0.717, 1.165) is 38.8 Å². The van der Waals surface area contributed by atoms with Gasteiger partial charge in [0.05, 0.1) is 0 Å². The molecule has 4 rings (SSSR count). The molecule has 0 aliphatic rings. The van der Waals surface area contributed by atoms with Gasteiger partial charge in [-0.2, -0.15) is 0 Å². The second-order valence-electron chi connectivity index (χ2n) is 8.05. The van der Waals surface area contributed by atoms with Gasteiger partial charge >= 0.3 is 0 Å². The number of rotatable bonds is 5. The number of hydrogen-bond acceptors (Lipinski definition) is 5. The number of benzene rings is 4. The van der Waals surface area contributed by atoms with Crippen molar-refractivity contribution < 1.29 is 42.2 Å². The van der Waals surface area contributed by atoms with Gasteiger partial charge in [-0.25, -0.2) is 17.6 Å². The first-order valence-corrected chi connectivity index (χ1v) is 13.0. The Morgan fingerprint density at radius 3 is 1.39 bits per heavy atom. The normalized spacial score (nSPS) is 10.2. The lowest BCUT2D eigenvalue weighted by Gasteiger charge is -2.00. The van der Waals surface area contributed by atoms with Gasteiger partial charge in [-0.1, -0.05) is 50.1 Å². The van der Waals surface area contributed by atoms with E-state index in [1.54, 1.807) is 43.3 Å². The van der Waals surface area contributed by atoms with Gasteiger partial charge in [-0.3, -0.25) is 14.4 Å². The van der Waals surface area contributed by atoms with Crippen molar-refractivity contribution in [3.8, 4) is 11.5 Å². The smallest absolute Gasteiger partial charge is 0.187 e. The quantitative estimate of drug-likeness (QED) is 0.0946. The molecule has 0 fully saturated rings. The number of carbonyl (C=O) groups is 3. The lowest BCUT2D eigenvalue weighted by atomic mass is 10.1. The number of phenolic OH excluding ortho intramolecular Hbond substituents is 2. The highest BCUT2D eigenvalue weighted by atomic mass is 79.9. The lowest BCUT2D eigenvalue weighted by molar-refractivity contribution is 0.101. The summed E-state index contributed by atoms with van der Waals surface area (Å²) >= 11 is 6.54. The Labute approximate surface area is 249 Å². The molecule has 0 atom stereocenters. The number of phenols is 2. The van der Waals surface area contributed by atoms with Crippen molar-refractivity contribution in [1.29, 1.82) is 0 Å². The number of aldehydes is 1. The van der Waals surface area contributed by atoms with Crippen molar-refractivity contribution in [2.45, 2.75) is 6.92 Å². The standard InChI is InChI=1S/C15H9BrF2O2.C8H7BrO.C7H4F2O2/c16-11-4-2-10(3-5-11)14(19)6-1-9-7-12(17)15(20)13(18)8-9;1-6(10)7-2-4-8(9)5-3-7;8-5-1-4(3-10)2-6(9)7(5)11/h1-8,20H;2-5H,1H3;1-3,11H/b6-1+;;. The third-order valence-electron chi connectivity index (χ3n) is 5.02. The third kappa shape index (κ3) is 10.4. The van der Waals surface area contributed by atoms with Crippen molar-refractivity contribution in [3.05, 3.63) is 133 Å². The van der Waals surface area contributed by atoms with Gasteiger partial charge in [0, 0.05) is 25.6 Å². The number of aromatic hydroxyl groups is 2. The highest BCUT2D eigenvalue weighted by Gasteiger charge is 2.09. The summed E-state index contributed by atoms with van der Waals surface area (Å²) in [5, 5.41) is 17.5. The maximum Gasteiger partial charge on any atom is 0.187 e. The zero-order valence-corrected chi connectivity index (χ0v) is 24.2. The average Bonchev–Trinajstić information content (AvgIpc) is 2.94. The summed E-state index contributed by atoms with van der Waals surface area (Å²) in [4.78, 5) is 32.6. The summed E-state index contributed by atoms with van der Waals surface area (Å²) in [6.07, 6.45) is 2.80. The Balaban J connectivity index is 0.000000236. The molecule has 0 aliphatic carbocycles. The molecule has 0 bridgehead atoms. The molecule has 0 radical (unpaired) electrons. The van der Waals surface area contributed by atoms with Crippen LogP contribution in [0.15, 0.2) is 87.8 Å². The third-order valence-corrected chi connectivity index (χ3v) is 6.08. The van der Waals surface area contributed by atoms with E-state index in [1.807, 2.05) is 12.1 Å². The predicted molar refractivity (Wildman–Crippen MR) is 153 cm³/mol. The molecule has 4 aromatic rings. The summed E-state index contributed by atoms with van der Waals surface area (Å²) in [7, 11) is 0. The summed E-state index contributed by atoms with van der Waals surface area (Å²) in [5.74, 6) is -6.67. The van der Waals surface area contributed by atoms with Crippen LogP contribution in [0.1, 0.15) is 43.6 Å². The van der Waals surface area contributed by atoms with Crippen LogP contribution in [0.3, 0.4) is 0 Å². The van der Waals surface area contributed by atoms with Gasteiger partial charge < -0.3 is 10.2 Å². The molecule has 0 saturated heterocycles. The summed E-state index contributed by atoms with van der Waals surface area (Å²) in [6.45, 7) is 1.56. The highest BCUT2D eigenvalue weighted by molar-refractivity contribution is 9.10. The van der Waals surface area contributed by atoms with Crippen molar-refractivity contribution in [1.82, 2.24) is 0 Å². The highest BCUT2D eigenvalue weighted by Crippen LogP contribution is 2.22. The fourth-order valence-corrected chi connectivity index (χ4v) is 3.43. The Bertz CT molecular complexity index is 1530. The SMILES string of the molecule is CC(=O)c1ccc(Br)cc1.O=C(/C=C/c1cc(F)c(O)c(F)c1)c1ccc(Br)cc1.O=Cc1cc(F)c(O)c(F)c1. The Morgan fingerprint density at radius 1 is 0.659 bits per heavy atom. The minimum Gasteiger partial charge on any atom is -0.503 e. The van der Waals surface area contributed by atoms with E-state index < -0.39 is 34.8 Å². The molecule has 0 saturated carbocycles. The van der Waals surface area contributed by atoms with Gasteiger partial charge in [-0.15, -0.1) is 0 Å². The van der Waals surface area contributed by atoms with Gasteiger partial charge in [0.2, 0.25) is 0 Å². The molecular weight excluding hydrogens is 676 g/mol. The Kier molecular flexibility index (Phi) is 12.6. The molecule has 2 N–H and O–H groups in total. The molecule has 0 unspecified atom stereocenters. The van der Waals surface area contributed by atoms with Crippen LogP contribution in [0.25, 0.3) is 6.08 Å². The molecule has 0 aromatic heterocycles. The van der Waals surface area contributed by atoms with E-state index in [9.17, 15) is 31.9 Å². The van der Waals surface area contributed by atoms with E-state index in [2.05, 4.69) is 31.9 Å². The first-order valence-electron chi connectivity index (χ1n) is 11.4. The van der Waals surface area contributed by atoms with E-state index in [1.165, 1.54) is 12.2 Å². The molecule has 4 aromatic carbocycles. The zero-order chi connectivity index (χ0) is 30.7. The first-order chi connectivity index (χ1) is 19.3. The van der Waals surface area contributed by atoms with E-state index in [4.69, 9.17) is 10.2 Å². The minimum absolute atomic E-state index is 0.104. The van der Waals surface area contributed by atoms with E-state index >= 15 is 0 Å².